The summed E-state index contributed by atoms with van der Waals surface area (Å²) >= 11 is 5.89. The van der Waals surface area contributed by atoms with Crippen LogP contribution in [0.2, 0.25) is 5.02 Å². The molecule has 2 atom stereocenters. The zero-order valence-electron chi connectivity index (χ0n) is 17.8. The van der Waals surface area contributed by atoms with Gasteiger partial charge in [0.05, 0.1) is 12.2 Å². The Morgan fingerprint density at radius 3 is 2.28 bits per heavy atom. The molecule has 0 radical (unpaired) electrons. The quantitative estimate of drug-likeness (QED) is 0.360. The van der Waals surface area contributed by atoms with Crippen LogP contribution in [-0.4, -0.2) is 41.7 Å². The lowest BCUT2D eigenvalue weighted by Gasteiger charge is -2.43. The van der Waals surface area contributed by atoms with Crippen molar-refractivity contribution in [1.82, 2.24) is 4.90 Å². The highest BCUT2D eigenvalue weighted by atomic mass is 35.5. The number of β-lactam (4-membered cyclic amide) rings is 1. The van der Waals surface area contributed by atoms with Crippen molar-refractivity contribution in [1.29, 1.82) is 0 Å². The van der Waals surface area contributed by atoms with Crippen LogP contribution in [0.4, 0.5) is 0 Å². The Kier molecular flexibility index (Phi) is 8.32. The van der Waals surface area contributed by atoms with E-state index in [1.807, 2.05) is 24.3 Å². The number of amides is 1. The molecule has 0 aromatic heterocycles. The summed E-state index contributed by atoms with van der Waals surface area (Å²) in [6, 6.07) is 15.3. The van der Waals surface area contributed by atoms with Gasteiger partial charge < -0.3 is 10.0 Å². The lowest BCUT2D eigenvalue weighted by atomic mass is 10.0. The maximum atomic E-state index is 12.8. The molecule has 1 saturated heterocycles. The van der Waals surface area contributed by atoms with E-state index in [2.05, 4.69) is 0 Å². The molecule has 0 saturated carbocycles. The van der Waals surface area contributed by atoms with Gasteiger partial charge in [-0.3, -0.25) is 4.79 Å². The largest absolute Gasteiger partial charge is 0.480 e. The Morgan fingerprint density at radius 2 is 1.66 bits per heavy atom. The fraction of sp³-hybridized carbons (Fsp3) is 0.417. The Balaban J connectivity index is 1.50. The molecule has 8 heteroatoms. The first kappa shape index (κ1) is 24.3. The van der Waals surface area contributed by atoms with Gasteiger partial charge in [0.1, 0.15) is 11.4 Å². The Bertz CT molecular complexity index is 1020. The topological polar surface area (TPSA) is 91.8 Å². The summed E-state index contributed by atoms with van der Waals surface area (Å²) in [5.41, 5.74) is 1.83. The predicted octanol–water partition coefficient (Wildman–Crippen LogP) is 4.46. The van der Waals surface area contributed by atoms with Crippen molar-refractivity contribution in [2.75, 3.05) is 0 Å². The fourth-order valence-corrected chi connectivity index (χ4v) is 6.01. The standard InChI is InChI=1S/C24H28ClNO5S/c25-20-14-12-18(13-15-20)8-4-1-2-7-11-21(24(28)29)26-22(27)16-23(26)32(30,31)17-19-9-5-3-6-10-19/h3,5-6,9-10,12-15,21,23H,1-2,4,7-8,11,16-17H2,(H,28,29). The number of aliphatic carboxylic acids is 1. The van der Waals surface area contributed by atoms with Crippen LogP contribution in [0.5, 0.6) is 0 Å². The number of carboxylic acid groups (broad SMARTS) is 1. The van der Waals surface area contributed by atoms with Gasteiger partial charge in [0.15, 0.2) is 9.84 Å². The second kappa shape index (κ2) is 11.0. The highest BCUT2D eigenvalue weighted by molar-refractivity contribution is 7.91. The molecule has 2 unspecified atom stereocenters. The number of carboxylic acids is 1. The molecule has 1 N–H and O–H groups in total. The second-order valence-corrected chi connectivity index (χ2v) is 10.8. The minimum Gasteiger partial charge on any atom is -0.480 e. The van der Waals surface area contributed by atoms with Crippen LogP contribution in [0, 0.1) is 0 Å². The molecule has 6 nitrogen and oxygen atoms in total. The van der Waals surface area contributed by atoms with E-state index in [0.717, 1.165) is 30.6 Å². The van der Waals surface area contributed by atoms with E-state index in [-0.39, 0.29) is 18.6 Å². The number of rotatable bonds is 12. The van der Waals surface area contributed by atoms with Gasteiger partial charge in [-0.1, -0.05) is 73.3 Å². The average molecular weight is 478 g/mol. The summed E-state index contributed by atoms with van der Waals surface area (Å²) < 4.78 is 25.7. The van der Waals surface area contributed by atoms with Crippen LogP contribution < -0.4 is 0 Å². The first-order valence-electron chi connectivity index (χ1n) is 10.8. The number of hydrogen-bond acceptors (Lipinski definition) is 4. The molecule has 2 aromatic carbocycles. The van der Waals surface area contributed by atoms with Crippen LogP contribution in [0.15, 0.2) is 54.6 Å². The van der Waals surface area contributed by atoms with Crippen molar-refractivity contribution in [2.45, 2.75) is 62.1 Å². The molecule has 1 amide bonds. The van der Waals surface area contributed by atoms with Gasteiger partial charge in [-0.25, -0.2) is 13.2 Å². The number of sulfone groups is 1. The van der Waals surface area contributed by atoms with Gasteiger partial charge in [-0.15, -0.1) is 0 Å². The number of halogens is 1. The minimum atomic E-state index is -3.68. The maximum Gasteiger partial charge on any atom is 0.326 e. The highest BCUT2D eigenvalue weighted by Gasteiger charge is 2.49. The summed E-state index contributed by atoms with van der Waals surface area (Å²) in [6.07, 6.45) is 4.35. The van der Waals surface area contributed by atoms with Crippen LogP contribution in [-0.2, 0) is 31.6 Å². The average Bonchev–Trinajstić information content (AvgIpc) is 2.74. The second-order valence-electron chi connectivity index (χ2n) is 8.19. The van der Waals surface area contributed by atoms with Gasteiger partial charge in [0, 0.05) is 5.02 Å². The first-order valence-corrected chi connectivity index (χ1v) is 12.9. The SMILES string of the molecule is O=C(O)C(CCCCCCc1ccc(Cl)cc1)N1C(=O)CC1S(=O)(=O)Cc1ccccc1. The molecule has 0 spiro atoms. The van der Waals surface area contributed by atoms with Gasteiger partial charge in [0.2, 0.25) is 5.91 Å². The van der Waals surface area contributed by atoms with E-state index >= 15 is 0 Å². The number of unbranched alkanes of at least 4 members (excludes halogenated alkanes) is 3. The third-order valence-corrected chi connectivity index (χ3v) is 8.01. The fourth-order valence-electron chi connectivity index (χ4n) is 4.03. The summed E-state index contributed by atoms with van der Waals surface area (Å²) in [5.74, 6) is -1.78. The van der Waals surface area contributed by atoms with Crippen molar-refractivity contribution in [3.05, 3.63) is 70.7 Å². The minimum absolute atomic E-state index is 0.153. The van der Waals surface area contributed by atoms with E-state index in [4.69, 9.17) is 11.6 Å². The summed E-state index contributed by atoms with van der Waals surface area (Å²) in [6.45, 7) is 0. The number of hydrogen-bond donors (Lipinski definition) is 1. The number of carbonyl (C=O) groups is 2. The molecule has 2 aromatic rings. The Morgan fingerprint density at radius 1 is 1.00 bits per heavy atom. The van der Waals surface area contributed by atoms with Gasteiger partial charge in [-0.2, -0.15) is 0 Å². The summed E-state index contributed by atoms with van der Waals surface area (Å²) in [7, 11) is -3.68. The molecule has 1 heterocycles. The maximum absolute atomic E-state index is 12.8. The lowest BCUT2D eigenvalue weighted by Crippen LogP contribution is -2.62. The van der Waals surface area contributed by atoms with E-state index in [9.17, 15) is 23.1 Å². The van der Waals surface area contributed by atoms with Crippen LogP contribution in [0.1, 0.15) is 49.7 Å². The molecule has 1 aliphatic heterocycles. The third kappa shape index (κ3) is 6.33. The van der Waals surface area contributed by atoms with Crippen LogP contribution >= 0.6 is 11.6 Å². The molecule has 32 heavy (non-hydrogen) atoms. The van der Waals surface area contributed by atoms with Gasteiger partial charge in [0.25, 0.3) is 0 Å². The van der Waals surface area contributed by atoms with Crippen molar-refractivity contribution in [2.24, 2.45) is 0 Å². The summed E-state index contributed by atoms with van der Waals surface area (Å²) in [4.78, 5) is 25.1. The molecular weight excluding hydrogens is 450 g/mol. The smallest absolute Gasteiger partial charge is 0.326 e. The van der Waals surface area contributed by atoms with E-state index < -0.39 is 33.1 Å². The number of carbonyl (C=O) groups excluding carboxylic acids is 1. The number of likely N-dealkylation sites (tertiary alicyclic amines) is 1. The van der Waals surface area contributed by atoms with E-state index in [1.54, 1.807) is 30.3 Å². The van der Waals surface area contributed by atoms with E-state index in [0.29, 0.717) is 17.0 Å². The van der Waals surface area contributed by atoms with Crippen molar-refractivity contribution >= 4 is 33.3 Å². The molecule has 1 aliphatic rings. The van der Waals surface area contributed by atoms with Crippen LogP contribution in [0.3, 0.4) is 0 Å². The number of aryl methyl sites for hydroxylation is 1. The zero-order chi connectivity index (χ0) is 23.1. The molecule has 1 fully saturated rings. The van der Waals surface area contributed by atoms with E-state index in [1.165, 1.54) is 5.56 Å². The van der Waals surface area contributed by atoms with Gasteiger partial charge >= 0.3 is 5.97 Å². The highest BCUT2D eigenvalue weighted by Crippen LogP contribution is 2.31. The molecule has 172 valence electrons. The normalized spacial score (nSPS) is 17.1. The molecule has 0 aliphatic carbocycles. The van der Waals surface area contributed by atoms with Crippen molar-refractivity contribution < 1.29 is 23.1 Å². The third-order valence-electron chi connectivity index (χ3n) is 5.80. The Labute approximate surface area is 194 Å². The van der Waals surface area contributed by atoms with Crippen molar-refractivity contribution in [3.8, 4) is 0 Å². The molecule has 3 rings (SSSR count). The summed E-state index contributed by atoms with van der Waals surface area (Å²) in [5, 5.41) is 9.31. The number of benzene rings is 2. The predicted molar refractivity (Wildman–Crippen MR) is 124 cm³/mol. The molecular formula is C24H28ClNO5S. The van der Waals surface area contributed by atoms with Crippen molar-refractivity contribution in [3.63, 3.8) is 0 Å². The monoisotopic (exact) mass is 477 g/mol. The zero-order valence-corrected chi connectivity index (χ0v) is 19.4. The molecule has 0 bridgehead atoms. The Hall–Kier alpha value is -2.38. The lowest BCUT2D eigenvalue weighted by molar-refractivity contribution is -0.158. The van der Waals surface area contributed by atoms with Gasteiger partial charge in [-0.05, 0) is 42.5 Å². The number of nitrogens with zero attached hydrogens (tertiary/aromatic N) is 1. The first-order chi connectivity index (χ1) is 15.3. The van der Waals surface area contributed by atoms with Crippen LogP contribution in [0.25, 0.3) is 0 Å².